The fraction of sp³-hybridized carbons (Fsp3) is 0.167. The Morgan fingerprint density at radius 3 is 2.74 bits per heavy atom. The smallest absolute Gasteiger partial charge is 0.248 e. The minimum Gasteiger partial charge on any atom is -0.493 e. The van der Waals surface area contributed by atoms with Crippen LogP contribution in [0.25, 0.3) is 6.08 Å². The van der Waals surface area contributed by atoms with Crippen LogP contribution in [0.2, 0.25) is 0 Å². The lowest BCUT2D eigenvalue weighted by Gasteiger charge is -2.09. The molecule has 0 aromatic heterocycles. The van der Waals surface area contributed by atoms with Crippen molar-refractivity contribution in [3.8, 4) is 11.5 Å². The molecule has 0 aliphatic carbocycles. The van der Waals surface area contributed by atoms with Crippen molar-refractivity contribution in [3.05, 3.63) is 57.7 Å². The Morgan fingerprint density at radius 1 is 1.22 bits per heavy atom. The maximum absolute atomic E-state index is 12.0. The molecule has 1 amide bonds. The number of ether oxygens (including phenoxy) is 2. The first-order valence-corrected chi connectivity index (χ1v) is 8.25. The van der Waals surface area contributed by atoms with E-state index in [1.54, 1.807) is 13.2 Å². The van der Waals surface area contributed by atoms with Crippen molar-refractivity contribution < 1.29 is 14.3 Å². The van der Waals surface area contributed by atoms with E-state index in [-0.39, 0.29) is 5.91 Å². The van der Waals surface area contributed by atoms with Gasteiger partial charge in [0, 0.05) is 15.3 Å². The fourth-order valence-electron chi connectivity index (χ4n) is 1.99. The van der Waals surface area contributed by atoms with Crippen LogP contribution < -0.4 is 14.8 Å². The van der Waals surface area contributed by atoms with Gasteiger partial charge >= 0.3 is 0 Å². The van der Waals surface area contributed by atoms with E-state index in [9.17, 15) is 4.79 Å². The van der Waals surface area contributed by atoms with E-state index >= 15 is 0 Å². The van der Waals surface area contributed by atoms with Gasteiger partial charge in [0.25, 0.3) is 0 Å². The quantitative estimate of drug-likeness (QED) is 0.555. The van der Waals surface area contributed by atoms with Gasteiger partial charge in [-0.05, 0) is 71.5 Å². The molecule has 0 aliphatic rings. The van der Waals surface area contributed by atoms with Gasteiger partial charge in [0.05, 0.1) is 13.7 Å². The molecular weight excluding hydrogens is 405 g/mol. The van der Waals surface area contributed by atoms with E-state index in [1.165, 1.54) is 6.08 Å². The number of hydrogen-bond donors (Lipinski definition) is 1. The molecule has 0 unspecified atom stereocenters. The van der Waals surface area contributed by atoms with Crippen molar-refractivity contribution in [3.63, 3.8) is 0 Å². The number of halogens is 1. The van der Waals surface area contributed by atoms with Crippen LogP contribution in [0.15, 0.2) is 48.5 Å². The standard InChI is InChI=1S/C18H18INO3/c1-3-23-17-11-13(7-9-16(17)22-2)8-10-18(21)20-15-6-4-5-14(19)12-15/h4-12H,3H2,1-2H3,(H,20,21)/b10-8+. The van der Waals surface area contributed by atoms with E-state index < -0.39 is 0 Å². The molecule has 0 saturated carbocycles. The first-order valence-electron chi connectivity index (χ1n) is 7.18. The Bertz CT molecular complexity index is 713. The lowest BCUT2D eigenvalue weighted by Crippen LogP contribution is -2.07. The van der Waals surface area contributed by atoms with Crippen molar-refractivity contribution >= 4 is 40.3 Å². The first-order chi connectivity index (χ1) is 11.1. The zero-order valence-corrected chi connectivity index (χ0v) is 15.2. The second kappa shape index (κ2) is 8.57. The summed E-state index contributed by atoms with van der Waals surface area (Å²) in [5.41, 5.74) is 1.64. The third-order valence-corrected chi connectivity index (χ3v) is 3.68. The maximum Gasteiger partial charge on any atom is 0.248 e. The highest BCUT2D eigenvalue weighted by Crippen LogP contribution is 2.28. The predicted octanol–water partition coefficient (Wildman–Crippen LogP) is 4.35. The minimum absolute atomic E-state index is 0.180. The zero-order valence-electron chi connectivity index (χ0n) is 13.0. The predicted molar refractivity (Wildman–Crippen MR) is 101 cm³/mol. The molecule has 0 atom stereocenters. The number of amides is 1. The third kappa shape index (κ3) is 5.28. The molecule has 0 bridgehead atoms. The summed E-state index contributed by atoms with van der Waals surface area (Å²) < 4.78 is 11.8. The van der Waals surface area contributed by atoms with Crippen LogP contribution in [0.1, 0.15) is 12.5 Å². The van der Waals surface area contributed by atoms with Crippen LogP contribution in [0.3, 0.4) is 0 Å². The Balaban J connectivity index is 2.07. The van der Waals surface area contributed by atoms with E-state index in [0.717, 1.165) is 14.8 Å². The van der Waals surface area contributed by atoms with E-state index in [2.05, 4.69) is 27.9 Å². The fourth-order valence-corrected chi connectivity index (χ4v) is 2.53. The highest BCUT2D eigenvalue weighted by Gasteiger charge is 2.04. The summed E-state index contributed by atoms with van der Waals surface area (Å²) in [5.74, 6) is 1.16. The van der Waals surface area contributed by atoms with E-state index in [4.69, 9.17) is 9.47 Å². The Morgan fingerprint density at radius 2 is 2.04 bits per heavy atom. The second-order valence-electron chi connectivity index (χ2n) is 4.68. The highest BCUT2D eigenvalue weighted by atomic mass is 127. The normalized spacial score (nSPS) is 10.6. The second-order valence-corrected chi connectivity index (χ2v) is 5.92. The average Bonchev–Trinajstić information content (AvgIpc) is 2.53. The summed E-state index contributed by atoms with van der Waals surface area (Å²) in [4.78, 5) is 12.0. The number of hydrogen-bond acceptors (Lipinski definition) is 3. The van der Waals surface area contributed by atoms with Crippen LogP contribution in [-0.2, 0) is 4.79 Å². The van der Waals surface area contributed by atoms with Gasteiger partial charge in [0.1, 0.15) is 0 Å². The van der Waals surface area contributed by atoms with Crippen molar-refractivity contribution in [2.24, 2.45) is 0 Å². The van der Waals surface area contributed by atoms with Gasteiger partial charge in [-0.3, -0.25) is 4.79 Å². The summed E-state index contributed by atoms with van der Waals surface area (Å²) >= 11 is 2.21. The number of anilines is 1. The molecule has 0 saturated heterocycles. The van der Waals surface area contributed by atoms with E-state index in [1.807, 2.05) is 49.4 Å². The zero-order chi connectivity index (χ0) is 16.7. The number of benzene rings is 2. The summed E-state index contributed by atoms with van der Waals surface area (Å²) in [6.45, 7) is 2.47. The first kappa shape index (κ1) is 17.3. The highest BCUT2D eigenvalue weighted by molar-refractivity contribution is 14.1. The van der Waals surface area contributed by atoms with Gasteiger partial charge in [-0.25, -0.2) is 0 Å². The van der Waals surface area contributed by atoms with Crippen LogP contribution >= 0.6 is 22.6 Å². The molecule has 4 nitrogen and oxygen atoms in total. The minimum atomic E-state index is -0.180. The third-order valence-electron chi connectivity index (χ3n) is 3.01. The van der Waals surface area contributed by atoms with Crippen molar-refractivity contribution in [2.45, 2.75) is 6.92 Å². The maximum atomic E-state index is 12.0. The van der Waals surface area contributed by atoms with Gasteiger partial charge in [-0.15, -0.1) is 0 Å². The number of carbonyl (C=O) groups is 1. The SMILES string of the molecule is CCOc1cc(/C=C/C(=O)Nc2cccc(I)c2)ccc1OC. The Hall–Kier alpha value is -2.02. The molecule has 23 heavy (non-hydrogen) atoms. The van der Waals surface area contributed by atoms with E-state index in [0.29, 0.717) is 18.1 Å². The van der Waals surface area contributed by atoms with Crippen molar-refractivity contribution in [2.75, 3.05) is 19.0 Å². The van der Waals surface area contributed by atoms with Crippen LogP contribution in [0, 0.1) is 3.57 Å². The Labute approximate surface area is 149 Å². The van der Waals surface area contributed by atoms with Crippen LogP contribution in [-0.4, -0.2) is 19.6 Å². The number of nitrogens with one attached hydrogen (secondary N) is 1. The van der Waals surface area contributed by atoms with Crippen LogP contribution in [0.5, 0.6) is 11.5 Å². The Kier molecular flexibility index (Phi) is 6.46. The molecule has 5 heteroatoms. The van der Waals surface area contributed by atoms with Gasteiger partial charge < -0.3 is 14.8 Å². The molecule has 0 radical (unpaired) electrons. The van der Waals surface area contributed by atoms with Crippen molar-refractivity contribution in [1.82, 2.24) is 0 Å². The molecule has 0 aliphatic heterocycles. The molecule has 2 aromatic rings. The van der Waals surface area contributed by atoms with Crippen molar-refractivity contribution in [1.29, 1.82) is 0 Å². The van der Waals surface area contributed by atoms with Gasteiger partial charge in [-0.1, -0.05) is 12.1 Å². The van der Waals surface area contributed by atoms with Gasteiger partial charge in [0.15, 0.2) is 11.5 Å². The summed E-state index contributed by atoms with van der Waals surface area (Å²) in [6, 6.07) is 13.2. The molecule has 2 aromatic carbocycles. The lowest BCUT2D eigenvalue weighted by molar-refractivity contribution is -0.111. The molecule has 120 valence electrons. The lowest BCUT2D eigenvalue weighted by atomic mass is 10.2. The summed E-state index contributed by atoms with van der Waals surface area (Å²) in [6.07, 6.45) is 3.24. The number of methoxy groups -OCH3 is 1. The number of rotatable bonds is 6. The van der Waals surface area contributed by atoms with Gasteiger partial charge in [-0.2, -0.15) is 0 Å². The molecular formula is C18H18INO3. The summed E-state index contributed by atoms with van der Waals surface area (Å²) in [7, 11) is 1.60. The molecule has 2 rings (SSSR count). The summed E-state index contributed by atoms with van der Waals surface area (Å²) in [5, 5.41) is 2.83. The average molecular weight is 423 g/mol. The monoisotopic (exact) mass is 423 g/mol. The molecule has 0 heterocycles. The van der Waals surface area contributed by atoms with Crippen LogP contribution in [0.4, 0.5) is 5.69 Å². The molecule has 0 fully saturated rings. The molecule has 1 N–H and O–H groups in total. The largest absolute Gasteiger partial charge is 0.493 e. The van der Waals surface area contributed by atoms with Gasteiger partial charge in [0.2, 0.25) is 5.91 Å². The number of carbonyl (C=O) groups excluding carboxylic acids is 1. The molecule has 0 spiro atoms. The topological polar surface area (TPSA) is 47.6 Å².